The zero-order chi connectivity index (χ0) is 15.1. The molecule has 112 valence electrons. The lowest BCUT2D eigenvalue weighted by molar-refractivity contribution is 0.146. The molecule has 21 heavy (non-hydrogen) atoms. The molecule has 0 atom stereocenters. The molecule has 2 rings (SSSR count). The summed E-state index contributed by atoms with van der Waals surface area (Å²) in [6.45, 7) is 3.44. The van der Waals surface area contributed by atoms with E-state index in [0.717, 1.165) is 6.20 Å². The fourth-order valence-corrected chi connectivity index (χ4v) is 1.82. The van der Waals surface area contributed by atoms with E-state index in [1.807, 2.05) is 19.1 Å². The number of benzene rings is 1. The van der Waals surface area contributed by atoms with Gasteiger partial charge in [-0.3, -0.25) is 0 Å². The van der Waals surface area contributed by atoms with Crippen LogP contribution in [0.4, 0.5) is 10.3 Å². The van der Waals surface area contributed by atoms with E-state index in [0.29, 0.717) is 37.0 Å². The Morgan fingerprint density at radius 2 is 2.05 bits per heavy atom. The first kappa shape index (κ1) is 15.2. The number of anilines is 1. The average molecular weight is 291 g/mol. The number of hydrogen-bond acceptors (Lipinski definition) is 5. The summed E-state index contributed by atoms with van der Waals surface area (Å²) in [4.78, 5) is 8.11. The van der Waals surface area contributed by atoms with Crippen LogP contribution in [0, 0.1) is 5.82 Å². The number of nitrogens with one attached hydrogen (secondary N) is 1. The molecule has 0 aliphatic rings. The first-order valence-electron chi connectivity index (χ1n) is 6.73. The first-order valence-corrected chi connectivity index (χ1v) is 6.73. The lowest BCUT2D eigenvalue weighted by atomic mass is 10.1. The summed E-state index contributed by atoms with van der Waals surface area (Å²) >= 11 is 0. The fraction of sp³-hybridized carbons (Fsp3) is 0.333. The van der Waals surface area contributed by atoms with Crippen molar-refractivity contribution in [1.29, 1.82) is 0 Å². The van der Waals surface area contributed by atoms with Crippen LogP contribution in [0.15, 0.2) is 30.5 Å². The maximum atomic E-state index is 14.0. The minimum atomic E-state index is -0.487. The second-order valence-electron chi connectivity index (χ2n) is 4.26. The van der Waals surface area contributed by atoms with Crippen molar-refractivity contribution in [3.63, 3.8) is 0 Å². The monoisotopic (exact) mass is 291 g/mol. The Morgan fingerprint density at radius 3 is 2.81 bits per heavy atom. The third-order valence-electron chi connectivity index (χ3n) is 2.77. The molecule has 1 aromatic carbocycles. The number of nitrogens with zero attached hydrogens (tertiary/aromatic N) is 2. The smallest absolute Gasteiger partial charge is 0.223 e. The highest BCUT2D eigenvalue weighted by Crippen LogP contribution is 2.30. The third kappa shape index (κ3) is 3.88. The van der Waals surface area contributed by atoms with Gasteiger partial charge >= 0.3 is 0 Å². The quantitative estimate of drug-likeness (QED) is 0.795. The molecule has 0 fully saturated rings. The number of aromatic nitrogens is 2. The van der Waals surface area contributed by atoms with Crippen molar-refractivity contribution >= 4 is 5.95 Å². The Hall–Kier alpha value is -2.21. The molecule has 5 nitrogen and oxygen atoms in total. The van der Waals surface area contributed by atoms with Crippen LogP contribution in [-0.2, 0) is 4.74 Å². The van der Waals surface area contributed by atoms with Crippen LogP contribution in [0.3, 0.4) is 0 Å². The van der Waals surface area contributed by atoms with Crippen LogP contribution >= 0.6 is 0 Å². The molecule has 0 spiro atoms. The Morgan fingerprint density at radius 1 is 1.24 bits per heavy atom. The summed E-state index contributed by atoms with van der Waals surface area (Å²) in [5.74, 6) is 0.467. The van der Waals surface area contributed by atoms with Gasteiger partial charge in [-0.1, -0.05) is 12.1 Å². The minimum Gasteiger partial charge on any atom is -0.490 e. The molecule has 0 unspecified atom stereocenters. The molecule has 0 saturated heterocycles. The maximum absolute atomic E-state index is 14.0. The van der Waals surface area contributed by atoms with E-state index >= 15 is 0 Å². The van der Waals surface area contributed by atoms with Gasteiger partial charge in [-0.05, 0) is 19.1 Å². The standard InChI is InChI=1S/C15H18FN3O2/c1-3-17-15-18-10-12(16)14(19-15)11-6-4-5-7-13(11)21-9-8-20-2/h4-7,10H,3,8-9H2,1-2H3,(H,17,18,19). The molecule has 6 heteroatoms. The highest BCUT2D eigenvalue weighted by Gasteiger charge is 2.14. The van der Waals surface area contributed by atoms with E-state index in [2.05, 4.69) is 15.3 Å². The van der Waals surface area contributed by atoms with E-state index in [9.17, 15) is 4.39 Å². The third-order valence-corrected chi connectivity index (χ3v) is 2.77. The topological polar surface area (TPSA) is 56.3 Å². The van der Waals surface area contributed by atoms with Crippen molar-refractivity contribution in [2.75, 3.05) is 32.2 Å². The first-order chi connectivity index (χ1) is 10.3. The van der Waals surface area contributed by atoms with Gasteiger partial charge in [-0.25, -0.2) is 14.4 Å². The average Bonchev–Trinajstić information content (AvgIpc) is 2.50. The van der Waals surface area contributed by atoms with Crippen LogP contribution in [0.1, 0.15) is 6.92 Å². The number of hydrogen-bond donors (Lipinski definition) is 1. The van der Waals surface area contributed by atoms with Crippen LogP contribution in [0.5, 0.6) is 5.75 Å². The van der Waals surface area contributed by atoms with Crippen LogP contribution in [0.2, 0.25) is 0 Å². The molecule has 0 saturated carbocycles. The van der Waals surface area contributed by atoms with E-state index in [-0.39, 0.29) is 5.69 Å². The van der Waals surface area contributed by atoms with Crippen molar-refractivity contribution in [3.05, 3.63) is 36.3 Å². The molecule has 0 aliphatic carbocycles. The molecule has 0 amide bonds. The molecule has 2 aromatic rings. The van der Waals surface area contributed by atoms with Crippen LogP contribution in [0.25, 0.3) is 11.3 Å². The predicted octanol–water partition coefficient (Wildman–Crippen LogP) is 2.74. The van der Waals surface area contributed by atoms with Gasteiger partial charge in [-0.2, -0.15) is 0 Å². The van der Waals surface area contributed by atoms with Gasteiger partial charge in [0.2, 0.25) is 5.95 Å². The fourth-order valence-electron chi connectivity index (χ4n) is 1.82. The zero-order valence-corrected chi connectivity index (χ0v) is 12.1. The summed E-state index contributed by atoms with van der Waals surface area (Å²) in [6, 6.07) is 7.19. The van der Waals surface area contributed by atoms with Crippen molar-refractivity contribution in [2.24, 2.45) is 0 Å². The molecule has 0 aliphatic heterocycles. The lowest BCUT2D eigenvalue weighted by Crippen LogP contribution is -2.07. The van der Waals surface area contributed by atoms with Gasteiger partial charge < -0.3 is 14.8 Å². The van der Waals surface area contributed by atoms with Gasteiger partial charge in [0.25, 0.3) is 0 Å². The molecule has 1 N–H and O–H groups in total. The Balaban J connectivity index is 2.34. The van der Waals surface area contributed by atoms with Gasteiger partial charge in [0.05, 0.1) is 12.8 Å². The van der Waals surface area contributed by atoms with Crippen molar-refractivity contribution in [2.45, 2.75) is 6.92 Å². The zero-order valence-electron chi connectivity index (χ0n) is 12.1. The van der Waals surface area contributed by atoms with Gasteiger partial charge in [0.1, 0.15) is 18.1 Å². The molecular weight excluding hydrogens is 273 g/mol. The molecule has 1 aromatic heterocycles. The Kier molecular flexibility index (Phi) is 5.45. The van der Waals surface area contributed by atoms with E-state index < -0.39 is 5.82 Å². The van der Waals surface area contributed by atoms with Crippen molar-refractivity contribution in [1.82, 2.24) is 9.97 Å². The summed E-state index contributed by atoms with van der Waals surface area (Å²) in [6.07, 6.45) is 1.16. The number of halogens is 1. The van der Waals surface area contributed by atoms with Crippen molar-refractivity contribution in [3.8, 4) is 17.0 Å². The SMILES string of the molecule is CCNc1ncc(F)c(-c2ccccc2OCCOC)n1. The minimum absolute atomic E-state index is 0.217. The maximum Gasteiger partial charge on any atom is 0.223 e. The number of rotatable bonds is 7. The van der Waals surface area contributed by atoms with Gasteiger partial charge in [0.15, 0.2) is 5.82 Å². The summed E-state index contributed by atoms with van der Waals surface area (Å²) < 4.78 is 24.6. The molecule has 0 radical (unpaired) electrons. The Labute approximate surface area is 123 Å². The molecular formula is C15H18FN3O2. The second kappa shape index (κ2) is 7.54. The normalized spacial score (nSPS) is 10.4. The number of ether oxygens (including phenoxy) is 2. The number of methoxy groups -OCH3 is 1. The molecule has 1 heterocycles. The second-order valence-corrected chi connectivity index (χ2v) is 4.26. The summed E-state index contributed by atoms with van der Waals surface area (Å²) in [5, 5.41) is 2.97. The van der Waals surface area contributed by atoms with Gasteiger partial charge in [0, 0.05) is 19.2 Å². The van der Waals surface area contributed by atoms with E-state index in [1.165, 1.54) is 0 Å². The number of para-hydroxylation sites is 1. The molecule has 0 bridgehead atoms. The highest BCUT2D eigenvalue weighted by atomic mass is 19.1. The van der Waals surface area contributed by atoms with Crippen molar-refractivity contribution < 1.29 is 13.9 Å². The van der Waals surface area contributed by atoms with Gasteiger partial charge in [-0.15, -0.1) is 0 Å². The lowest BCUT2D eigenvalue weighted by Gasteiger charge is -2.12. The largest absolute Gasteiger partial charge is 0.490 e. The van der Waals surface area contributed by atoms with E-state index in [4.69, 9.17) is 9.47 Å². The predicted molar refractivity (Wildman–Crippen MR) is 79.0 cm³/mol. The summed E-state index contributed by atoms with van der Waals surface area (Å²) in [5.41, 5.74) is 0.807. The summed E-state index contributed by atoms with van der Waals surface area (Å²) in [7, 11) is 1.60. The van der Waals surface area contributed by atoms with Crippen LogP contribution < -0.4 is 10.1 Å². The highest BCUT2D eigenvalue weighted by molar-refractivity contribution is 5.68. The Bertz CT molecular complexity index is 593. The van der Waals surface area contributed by atoms with E-state index in [1.54, 1.807) is 19.2 Å². The van der Waals surface area contributed by atoms with Crippen LogP contribution in [-0.4, -0.2) is 36.8 Å².